The van der Waals surface area contributed by atoms with Gasteiger partial charge in [-0.05, 0) is 30.7 Å². The van der Waals surface area contributed by atoms with Crippen LogP contribution < -0.4 is 0 Å². The van der Waals surface area contributed by atoms with Crippen LogP contribution in [0.4, 0.5) is 0 Å². The Hall–Kier alpha value is -1.61. The molecule has 82 valence electrons. The van der Waals surface area contributed by atoms with Gasteiger partial charge < -0.3 is 4.74 Å². The molecule has 0 radical (unpaired) electrons. The summed E-state index contributed by atoms with van der Waals surface area (Å²) in [6.07, 6.45) is 5.10. The number of aromatic nitrogens is 2. The van der Waals surface area contributed by atoms with E-state index in [4.69, 9.17) is 16.3 Å². The average molecular weight is 235 g/mol. The minimum Gasteiger partial charge on any atom is -0.501 e. The van der Waals surface area contributed by atoms with Crippen LogP contribution in [0.2, 0.25) is 5.02 Å². The van der Waals surface area contributed by atoms with Gasteiger partial charge in [0.2, 0.25) is 0 Å². The minimum absolute atomic E-state index is 0.608. The zero-order chi connectivity index (χ0) is 11.4. The van der Waals surface area contributed by atoms with Gasteiger partial charge in [0.25, 0.3) is 0 Å². The first kappa shape index (κ1) is 10.9. The highest BCUT2D eigenvalue weighted by Gasteiger charge is 2.00. The Labute approximate surface area is 98.7 Å². The number of hydrogen-bond acceptors (Lipinski definition) is 3. The average Bonchev–Trinajstić information content (AvgIpc) is 2.30. The molecule has 1 aromatic carbocycles. The molecule has 16 heavy (non-hydrogen) atoms. The van der Waals surface area contributed by atoms with E-state index in [1.165, 1.54) is 0 Å². The van der Waals surface area contributed by atoms with Gasteiger partial charge in [-0.15, -0.1) is 0 Å². The molecule has 1 aromatic heterocycles. The van der Waals surface area contributed by atoms with Crippen LogP contribution in [0, 0.1) is 0 Å². The van der Waals surface area contributed by atoms with E-state index >= 15 is 0 Å². The van der Waals surface area contributed by atoms with Crippen LogP contribution >= 0.6 is 11.6 Å². The van der Waals surface area contributed by atoms with Crippen LogP contribution in [-0.4, -0.2) is 16.8 Å². The highest BCUT2D eigenvalue weighted by molar-refractivity contribution is 6.35. The number of ether oxygens (including phenoxy) is 1. The van der Waals surface area contributed by atoms with Crippen molar-refractivity contribution < 1.29 is 4.74 Å². The Bertz CT molecular complexity index is 525. The predicted molar refractivity (Wildman–Crippen MR) is 65.2 cm³/mol. The van der Waals surface area contributed by atoms with E-state index in [-0.39, 0.29) is 0 Å². The molecule has 0 N–H and O–H groups in total. The molecule has 0 unspecified atom stereocenters. The molecule has 0 amide bonds. The van der Waals surface area contributed by atoms with Gasteiger partial charge in [0.15, 0.2) is 0 Å². The topological polar surface area (TPSA) is 35.0 Å². The number of hydrogen-bond donors (Lipinski definition) is 0. The molecule has 0 saturated carbocycles. The summed E-state index contributed by atoms with van der Waals surface area (Å²) in [5.41, 5.74) is 1.82. The fraction of sp³-hybridized carbons (Fsp3) is 0.167. The van der Waals surface area contributed by atoms with E-state index in [2.05, 4.69) is 10.2 Å². The molecule has 3 nitrogen and oxygen atoms in total. The maximum Gasteiger partial charge on any atom is 0.0945 e. The van der Waals surface area contributed by atoms with Crippen molar-refractivity contribution in [2.75, 3.05) is 6.61 Å². The van der Waals surface area contributed by atoms with E-state index in [0.717, 1.165) is 16.5 Å². The normalized spacial score (nSPS) is 11.1. The zero-order valence-electron chi connectivity index (χ0n) is 8.85. The Morgan fingerprint density at radius 1 is 1.44 bits per heavy atom. The van der Waals surface area contributed by atoms with Gasteiger partial charge in [-0.2, -0.15) is 10.2 Å². The lowest BCUT2D eigenvalue weighted by Crippen LogP contribution is -1.85. The van der Waals surface area contributed by atoms with Gasteiger partial charge in [0.1, 0.15) is 0 Å². The van der Waals surface area contributed by atoms with E-state index in [0.29, 0.717) is 11.6 Å². The number of nitrogens with zero attached hydrogens (tertiary/aromatic N) is 2. The van der Waals surface area contributed by atoms with Crippen LogP contribution in [0.15, 0.2) is 30.7 Å². The van der Waals surface area contributed by atoms with Crippen molar-refractivity contribution in [3.8, 4) is 0 Å². The molecule has 0 aliphatic rings. The summed E-state index contributed by atoms with van der Waals surface area (Å²) in [6.45, 7) is 2.60. The summed E-state index contributed by atoms with van der Waals surface area (Å²) in [5, 5.41) is 9.29. The highest BCUT2D eigenvalue weighted by atomic mass is 35.5. The maximum atomic E-state index is 6.03. The van der Waals surface area contributed by atoms with Gasteiger partial charge >= 0.3 is 0 Å². The third-order valence-electron chi connectivity index (χ3n) is 2.14. The Kier molecular flexibility index (Phi) is 3.37. The first-order valence-corrected chi connectivity index (χ1v) is 5.38. The minimum atomic E-state index is 0.608. The second kappa shape index (κ2) is 4.94. The fourth-order valence-electron chi connectivity index (χ4n) is 1.37. The molecule has 2 rings (SSSR count). The smallest absolute Gasteiger partial charge is 0.0945 e. The quantitative estimate of drug-likeness (QED) is 0.765. The molecule has 4 heteroatoms. The maximum absolute atomic E-state index is 6.03. The van der Waals surface area contributed by atoms with Crippen molar-refractivity contribution in [1.29, 1.82) is 0 Å². The lowest BCUT2D eigenvalue weighted by molar-refractivity contribution is 0.272. The third-order valence-corrected chi connectivity index (χ3v) is 2.44. The van der Waals surface area contributed by atoms with Crippen LogP contribution in [-0.2, 0) is 4.74 Å². The van der Waals surface area contributed by atoms with Gasteiger partial charge in [-0.3, -0.25) is 0 Å². The second-order valence-electron chi connectivity index (χ2n) is 3.23. The van der Waals surface area contributed by atoms with Crippen molar-refractivity contribution in [3.05, 3.63) is 41.2 Å². The molecule has 0 spiro atoms. The standard InChI is InChI=1S/C12H11ClN2O/c1-2-16-6-5-9-3-4-12-10(7-9)11(13)8-14-15-12/h3-8H,2H2,1H3/b6-5+. The van der Waals surface area contributed by atoms with Gasteiger partial charge in [-0.1, -0.05) is 17.7 Å². The predicted octanol–water partition coefficient (Wildman–Crippen LogP) is 3.29. The molecule has 1 heterocycles. The van der Waals surface area contributed by atoms with Crippen molar-refractivity contribution in [1.82, 2.24) is 10.2 Å². The Balaban J connectivity index is 2.39. The highest BCUT2D eigenvalue weighted by Crippen LogP contribution is 2.21. The largest absolute Gasteiger partial charge is 0.501 e. The summed E-state index contributed by atoms with van der Waals surface area (Å²) in [5.74, 6) is 0. The molecule has 2 aromatic rings. The van der Waals surface area contributed by atoms with E-state index in [9.17, 15) is 0 Å². The number of fused-ring (bicyclic) bond motifs is 1. The zero-order valence-corrected chi connectivity index (χ0v) is 9.61. The second-order valence-corrected chi connectivity index (χ2v) is 3.63. The Morgan fingerprint density at radius 3 is 3.12 bits per heavy atom. The SMILES string of the molecule is CCO/C=C/c1ccc2nncc(Cl)c2c1. The molecular weight excluding hydrogens is 224 g/mol. The monoisotopic (exact) mass is 234 g/mol. The molecule has 0 atom stereocenters. The first-order valence-electron chi connectivity index (χ1n) is 5.00. The molecule has 0 aliphatic heterocycles. The van der Waals surface area contributed by atoms with Gasteiger partial charge in [0.05, 0.1) is 29.6 Å². The lowest BCUT2D eigenvalue weighted by atomic mass is 10.1. The molecule has 0 saturated heterocycles. The van der Waals surface area contributed by atoms with E-state index in [1.54, 1.807) is 12.5 Å². The molecule has 0 bridgehead atoms. The van der Waals surface area contributed by atoms with Gasteiger partial charge in [-0.25, -0.2) is 0 Å². The number of benzene rings is 1. The summed E-state index contributed by atoms with van der Waals surface area (Å²) >= 11 is 6.03. The lowest BCUT2D eigenvalue weighted by Gasteiger charge is -2.00. The molecule has 0 fully saturated rings. The summed E-state index contributed by atoms with van der Waals surface area (Å²) in [7, 11) is 0. The Morgan fingerprint density at radius 2 is 2.31 bits per heavy atom. The van der Waals surface area contributed by atoms with Gasteiger partial charge in [0, 0.05) is 5.39 Å². The fourth-order valence-corrected chi connectivity index (χ4v) is 1.57. The molecular formula is C12H11ClN2O. The van der Waals surface area contributed by atoms with Crippen molar-refractivity contribution in [2.24, 2.45) is 0 Å². The number of halogens is 1. The summed E-state index contributed by atoms with van der Waals surface area (Å²) in [4.78, 5) is 0. The summed E-state index contributed by atoms with van der Waals surface area (Å²) < 4.78 is 5.14. The van der Waals surface area contributed by atoms with Crippen molar-refractivity contribution in [2.45, 2.75) is 6.92 Å². The first-order chi connectivity index (χ1) is 7.81. The third kappa shape index (κ3) is 2.31. The van der Waals surface area contributed by atoms with Crippen LogP contribution in [0.3, 0.4) is 0 Å². The number of rotatable bonds is 3. The van der Waals surface area contributed by atoms with Crippen LogP contribution in [0.25, 0.3) is 17.0 Å². The van der Waals surface area contributed by atoms with Crippen molar-refractivity contribution >= 4 is 28.6 Å². The summed E-state index contributed by atoms with van der Waals surface area (Å²) in [6, 6.07) is 5.80. The van der Waals surface area contributed by atoms with Crippen LogP contribution in [0.1, 0.15) is 12.5 Å². The van der Waals surface area contributed by atoms with Crippen molar-refractivity contribution in [3.63, 3.8) is 0 Å². The molecule has 0 aliphatic carbocycles. The van der Waals surface area contributed by atoms with E-state index in [1.807, 2.05) is 31.2 Å². The van der Waals surface area contributed by atoms with E-state index < -0.39 is 0 Å². The van der Waals surface area contributed by atoms with Crippen LogP contribution in [0.5, 0.6) is 0 Å².